The topological polar surface area (TPSA) is 73.2 Å². The van der Waals surface area contributed by atoms with Gasteiger partial charge in [-0.2, -0.15) is 13.2 Å². The van der Waals surface area contributed by atoms with Gasteiger partial charge in [0.15, 0.2) is 0 Å². The number of aryl methyl sites for hydroxylation is 1. The molecule has 0 atom stereocenters. The number of fused-ring (bicyclic) bond motifs is 2. The number of alkyl halides is 3. The number of aromatic nitrogens is 6. The van der Waals surface area contributed by atoms with Gasteiger partial charge in [-0.1, -0.05) is 19.1 Å². The molecule has 12 heteroatoms. The molecule has 8 nitrogen and oxygen atoms in total. The molecule has 0 spiro atoms. The van der Waals surface area contributed by atoms with Gasteiger partial charge in [0.25, 0.3) is 0 Å². The van der Waals surface area contributed by atoms with Gasteiger partial charge in [-0.25, -0.2) is 9.78 Å². The zero-order valence-corrected chi connectivity index (χ0v) is 23.4. The van der Waals surface area contributed by atoms with E-state index in [4.69, 9.17) is 0 Å². The Labute approximate surface area is 237 Å². The maximum Gasteiger partial charge on any atom is 0.418 e. The molecule has 0 radical (unpaired) electrons. The molecular formula is C29H28F3N7OS. The molecule has 0 unspecified atom stereocenters. The third-order valence-corrected chi connectivity index (χ3v) is 9.36. The molecule has 1 saturated carbocycles. The standard InChI is InChI=1S/C29H28F3N7OS/c1-18-10-28(11-18,26-35-34-16-36(26)2)20-4-3-5-21(9-20)38-14-24-22(29(30,31)32)8-19(13-39(24)27(38)40)12-37-7-6-23-25(15-37)41-17-33-23/h3-5,8-9,13-14,16-18H,6-7,10-12,15H2,1-2H3/t18-,28-. The number of pyridine rings is 1. The predicted molar refractivity (Wildman–Crippen MR) is 148 cm³/mol. The first-order valence-corrected chi connectivity index (χ1v) is 14.4. The number of halogens is 3. The van der Waals surface area contributed by atoms with Gasteiger partial charge in [0.1, 0.15) is 12.2 Å². The minimum atomic E-state index is -4.62. The van der Waals surface area contributed by atoms with Crippen LogP contribution in [0.4, 0.5) is 13.2 Å². The van der Waals surface area contributed by atoms with Crippen LogP contribution < -0.4 is 5.69 Å². The zero-order chi connectivity index (χ0) is 28.5. The van der Waals surface area contributed by atoms with E-state index in [1.165, 1.54) is 16.8 Å². The van der Waals surface area contributed by atoms with Gasteiger partial charge in [-0.3, -0.25) is 13.9 Å². The molecule has 2 aliphatic rings. The van der Waals surface area contributed by atoms with E-state index in [1.807, 2.05) is 29.8 Å². The number of hydrogen-bond donors (Lipinski definition) is 0. The minimum Gasteiger partial charge on any atom is -0.320 e. The molecule has 212 valence electrons. The van der Waals surface area contributed by atoms with Gasteiger partial charge in [0.05, 0.1) is 33.4 Å². The lowest BCUT2D eigenvalue weighted by Gasteiger charge is -2.46. The number of rotatable bonds is 5. The molecule has 41 heavy (non-hydrogen) atoms. The molecule has 0 amide bonds. The van der Waals surface area contributed by atoms with Crippen LogP contribution in [0.15, 0.2) is 59.4 Å². The second-order valence-electron chi connectivity index (χ2n) is 11.4. The van der Waals surface area contributed by atoms with Gasteiger partial charge in [-0.05, 0) is 48.1 Å². The Morgan fingerprint density at radius 3 is 2.73 bits per heavy atom. The van der Waals surface area contributed by atoms with E-state index < -0.39 is 17.4 Å². The fourth-order valence-electron chi connectivity index (χ4n) is 6.66. The van der Waals surface area contributed by atoms with Crippen LogP contribution in [0.1, 0.15) is 52.9 Å². The molecule has 1 fully saturated rings. The van der Waals surface area contributed by atoms with Crippen molar-refractivity contribution >= 4 is 16.9 Å². The molecular weight excluding hydrogens is 551 g/mol. The second-order valence-corrected chi connectivity index (χ2v) is 12.3. The summed E-state index contributed by atoms with van der Waals surface area (Å²) in [6.45, 7) is 3.82. The average molecular weight is 580 g/mol. The monoisotopic (exact) mass is 579 g/mol. The summed E-state index contributed by atoms with van der Waals surface area (Å²) >= 11 is 1.56. The third-order valence-electron chi connectivity index (χ3n) is 8.50. The highest BCUT2D eigenvalue weighted by Gasteiger charge is 2.48. The van der Waals surface area contributed by atoms with Gasteiger partial charge >= 0.3 is 11.9 Å². The number of thiazole rings is 1. The van der Waals surface area contributed by atoms with E-state index >= 15 is 0 Å². The summed E-state index contributed by atoms with van der Waals surface area (Å²) in [6, 6.07) is 8.68. The molecule has 1 aromatic carbocycles. The van der Waals surface area contributed by atoms with E-state index in [-0.39, 0.29) is 10.9 Å². The van der Waals surface area contributed by atoms with Crippen molar-refractivity contribution in [1.82, 2.24) is 33.6 Å². The molecule has 0 bridgehead atoms. The molecule has 7 rings (SSSR count). The maximum atomic E-state index is 14.3. The number of benzene rings is 1. The van der Waals surface area contributed by atoms with Crippen molar-refractivity contribution in [2.75, 3.05) is 6.54 Å². The summed E-state index contributed by atoms with van der Waals surface area (Å²) < 4.78 is 47.3. The second kappa shape index (κ2) is 9.38. The van der Waals surface area contributed by atoms with Crippen molar-refractivity contribution in [3.8, 4) is 5.69 Å². The third kappa shape index (κ3) is 4.31. The van der Waals surface area contributed by atoms with E-state index in [1.54, 1.807) is 35.4 Å². The number of nitrogens with zero attached hydrogens (tertiary/aromatic N) is 7. The summed E-state index contributed by atoms with van der Waals surface area (Å²) in [5.74, 6) is 1.33. The van der Waals surface area contributed by atoms with Crippen LogP contribution >= 0.6 is 11.3 Å². The van der Waals surface area contributed by atoms with Crippen molar-refractivity contribution < 1.29 is 13.2 Å². The Morgan fingerprint density at radius 2 is 2.00 bits per heavy atom. The summed E-state index contributed by atoms with van der Waals surface area (Å²) in [4.78, 5) is 21.3. The van der Waals surface area contributed by atoms with Crippen LogP contribution in [-0.2, 0) is 38.1 Å². The Kier molecular flexibility index (Phi) is 5.98. The first-order valence-electron chi connectivity index (χ1n) is 13.6. The van der Waals surface area contributed by atoms with E-state index in [2.05, 4.69) is 27.0 Å². The van der Waals surface area contributed by atoms with Crippen molar-refractivity contribution in [1.29, 1.82) is 0 Å². The molecule has 1 aliphatic heterocycles. The fourth-order valence-corrected chi connectivity index (χ4v) is 7.51. The highest BCUT2D eigenvalue weighted by molar-refractivity contribution is 7.09. The van der Waals surface area contributed by atoms with Gasteiger partial charge in [-0.15, -0.1) is 21.5 Å². The predicted octanol–water partition coefficient (Wildman–Crippen LogP) is 4.97. The summed E-state index contributed by atoms with van der Waals surface area (Å²) in [5, 5.41) is 8.47. The van der Waals surface area contributed by atoms with Crippen LogP contribution in [0.2, 0.25) is 0 Å². The lowest BCUT2D eigenvalue weighted by atomic mass is 9.58. The fraction of sp³-hybridized carbons (Fsp3) is 0.379. The Bertz CT molecular complexity index is 1830. The lowest BCUT2D eigenvalue weighted by molar-refractivity contribution is -0.136. The van der Waals surface area contributed by atoms with Crippen molar-refractivity contribution in [3.63, 3.8) is 0 Å². The Balaban J connectivity index is 1.30. The van der Waals surface area contributed by atoms with E-state index in [0.717, 1.165) is 45.6 Å². The van der Waals surface area contributed by atoms with Gasteiger partial charge in [0.2, 0.25) is 0 Å². The summed E-state index contributed by atoms with van der Waals surface area (Å²) in [6.07, 6.45) is 2.40. The van der Waals surface area contributed by atoms with E-state index in [0.29, 0.717) is 36.8 Å². The zero-order valence-electron chi connectivity index (χ0n) is 22.6. The van der Waals surface area contributed by atoms with Crippen LogP contribution in [0.3, 0.4) is 0 Å². The van der Waals surface area contributed by atoms with Crippen LogP contribution in [-0.4, -0.2) is 40.2 Å². The van der Waals surface area contributed by atoms with Gasteiger partial charge < -0.3 is 4.57 Å². The SMILES string of the molecule is Cn1cnnc1[C@]1(c2cccc(-n3cc4c(C(F)(F)F)cc(CN5CCc6ncsc6C5)cn4c3=O)c2)C[C@@H](C)C1. The molecule has 0 saturated heterocycles. The maximum absolute atomic E-state index is 14.3. The number of hydrogen-bond acceptors (Lipinski definition) is 6. The number of imidazole rings is 1. The first kappa shape index (κ1) is 26.1. The Hall–Kier alpha value is -3.77. The molecule has 5 aromatic rings. The normalized spacial score (nSPS) is 21.2. The summed E-state index contributed by atoms with van der Waals surface area (Å²) in [5.41, 5.74) is 2.90. The highest BCUT2D eigenvalue weighted by atomic mass is 32.1. The Morgan fingerprint density at radius 1 is 1.17 bits per heavy atom. The van der Waals surface area contributed by atoms with E-state index in [9.17, 15) is 18.0 Å². The first-order chi connectivity index (χ1) is 19.6. The van der Waals surface area contributed by atoms with Gasteiger partial charge in [0, 0.05) is 50.4 Å². The van der Waals surface area contributed by atoms with Crippen LogP contribution in [0, 0.1) is 5.92 Å². The quantitative estimate of drug-likeness (QED) is 0.294. The molecule has 1 aliphatic carbocycles. The molecule has 5 heterocycles. The van der Waals surface area contributed by atoms with Crippen LogP contribution in [0.25, 0.3) is 11.2 Å². The highest BCUT2D eigenvalue weighted by Crippen LogP contribution is 2.51. The summed E-state index contributed by atoms with van der Waals surface area (Å²) in [7, 11) is 1.91. The average Bonchev–Trinajstić information content (AvgIpc) is 3.65. The minimum absolute atomic E-state index is 0.166. The van der Waals surface area contributed by atoms with Crippen molar-refractivity contribution in [2.45, 2.75) is 50.9 Å². The molecule has 4 aromatic heterocycles. The van der Waals surface area contributed by atoms with Crippen molar-refractivity contribution in [2.24, 2.45) is 13.0 Å². The van der Waals surface area contributed by atoms with Crippen LogP contribution in [0.5, 0.6) is 0 Å². The lowest BCUT2D eigenvalue weighted by Crippen LogP contribution is -2.43. The molecule has 0 N–H and O–H groups in total. The smallest absolute Gasteiger partial charge is 0.320 e. The van der Waals surface area contributed by atoms with Crippen molar-refractivity contribution in [3.05, 3.63) is 98.1 Å². The largest absolute Gasteiger partial charge is 0.418 e.